The zero-order valence-electron chi connectivity index (χ0n) is 36.4. The number of allylic oxidation sites excluding steroid dienone is 22. The van der Waals surface area contributed by atoms with E-state index in [4.69, 9.17) is 14.2 Å². The van der Waals surface area contributed by atoms with E-state index in [1.165, 1.54) is 0 Å². The Morgan fingerprint density at radius 3 is 1.36 bits per heavy atom. The number of carboxylic acids is 1. The first-order chi connectivity index (χ1) is 28.1. The van der Waals surface area contributed by atoms with Crippen molar-refractivity contribution in [2.75, 3.05) is 41.0 Å². The maximum atomic E-state index is 12.7. The van der Waals surface area contributed by atoms with Crippen LogP contribution in [0, 0.1) is 0 Å². The molecule has 8 heteroatoms. The van der Waals surface area contributed by atoms with Crippen LogP contribution in [-0.2, 0) is 28.6 Å². The summed E-state index contributed by atoms with van der Waals surface area (Å²) >= 11 is 0. The highest BCUT2D eigenvalue weighted by atomic mass is 16.6. The van der Waals surface area contributed by atoms with Crippen LogP contribution >= 0.6 is 0 Å². The van der Waals surface area contributed by atoms with Gasteiger partial charge in [-0.15, -0.1) is 0 Å². The predicted molar refractivity (Wildman–Crippen MR) is 240 cm³/mol. The van der Waals surface area contributed by atoms with E-state index >= 15 is 0 Å². The van der Waals surface area contributed by atoms with Crippen molar-refractivity contribution in [2.45, 2.75) is 122 Å². The van der Waals surface area contributed by atoms with Gasteiger partial charge in [0.25, 0.3) is 0 Å². The standard InChI is InChI=1S/C50H75NO7/c1-6-8-10-12-14-16-18-20-22-23-24-25-27-28-30-32-34-36-38-40-48(52)57-45-46(44-56-43-42-47(50(54)55)51(3,4)5)58-49(53)41-39-37-35-33-31-29-26-21-19-17-15-13-11-9-7-2/h8-28,30,46-47H,6-7,29,31-45H2,1-5H3/b10-8+,11-9+,14-12+,15-13+,18-16+,19-17+,22-20+,24-23+,26-21+,27-25+,30-28+. The summed E-state index contributed by atoms with van der Waals surface area (Å²) in [6, 6.07) is -0.747. The van der Waals surface area contributed by atoms with Gasteiger partial charge in [-0.2, -0.15) is 0 Å². The fourth-order valence-corrected chi connectivity index (χ4v) is 5.30. The lowest BCUT2D eigenvalue weighted by Crippen LogP contribution is -2.55. The van der Waals surface area contributed by atoms with Gasteiger partial charge in [-0.25, -0.2) is 0 Å². The number of rotatable bonds is 35. The zero-order valence-corrected chi connectivity index (χ0v) is 36.4. The van der Waals surface area contributed by atoms with Crippen molar-refractivity contribution >= 4 is 17.9 Å². The molecule has 8 nitrogen and oxygen atoms in total. The number of hydrogen-bond donors (Lipinski definition) is 0. The van der Waals surface area contributed by atoms with Crippen molar-refractivity contribution < 1.29 is 38.2 Å². The molecule has 0 saturated heterocycles. The van der Waals surface area contributed by atoms with Crippen molar-refractivity contribution in [3.63, 3.8) is 0 Å². The lowest BCUT2D eigenvalue weighted by Gasteiger charge is -2.34. The van der Waals surface area contributed by atoms with E-state index in [9.17, 15) is 19.5 Å². The van der Waals surface area contributed by atoms with E-state index in [0.29, 0.717) is 6.42 Å². The van der Waals surface area contributed by atoms with Crippen molar-refractivity contribution in [3.8, 4) is 0 Å². The number of unbranched alkanes of at least 4 members (excludes halogenated alkanes) is 8. The second kappa shape index (κ2) is 39.3. The van der Waals surface area contributed by atoms with Gasteiger partial charge in [0.15, 0.2) is 6.10 Å². The SMILES string of the molecule is CC/C=C/C=C/C=C/C=C/C=C/C=C/C=C/CCCCCC(=O)OCC(COCCC(C(=O)[O-])[N+](C)(C)C)OC(=O)CCCCCCC/C=C/C=C/C=C/C=C/CC. The topological polar surface area (TPSA) is 102 Å². The van der Waals surface area contributed by atoms with Crippen LogP contribution in [0.3, 0.4) is 0 Å². The minimum atomic E-state index is -1.14. The number of likely N-dealkylation sites (N-methyl/N-ethyl adjacent to an activating group) is 1. The number of esters is 2. The van der Waals surface area contributed by atoms with Gasteiger partial charge in [0.2, 0.25) is 0 Å². The summed E-state index contributed by atoms with van der Waals surface area (Å²) in [6.45, 7) is 4.26. The number of quaternary nitrogens is 1. The van der Waals surface area contributed by atoms with E-state index in [2.05, 4.69) is 44.2 Å². The Balaban J connectivity index is 4.55. The zero-order chi connectivity index (χ0) is 42.8. The molecule has 0 saturated carbocycles. The molecule has 0 aromatic heterocycles. The second-order valence-corrected chi connectivity index (χ2v) is 14.7. The van der Waals surface area contributed by atoms with Crippen LogP contribution in [-0.4, -0.2) is 75.5 Å². The van der Waals surface area contributed by atoms with Gasteiger partial charge in [-0.1, -0.05) is 173 Å². The molecule has 0 aliphatic heterocycles. The molecule has 0 aromatic carbocycles. The highest BCUT2D eigenvalue weighted by molar-refractivity contribution is 5.70. The summed E-state index contributed by atoms with van der Waals surface area (Å²) in [6.07, 6.45) is 56.1. The number of carboxylic acid groups (broad SMARTS) is 1. The molecule has 58 heavy (non-hydrogen) atoms. The summed E-state index contributed by atoms with van der Waals surface area (Å²) in [5.74, 6) is -1.85. The number of nitrogens with zero attached hydrogens (tertiary/aromatic N) is 1. The fraction of sp³-hybridized carbons (Fsp3) is 0.500. The molecule has 2 unspecified atom stereocenters. The van der Waals surface area contributed by atoms with E-state index in [1.54, 1.807) is 21.1 Å². The molecular weight excluding hydrogens is 727 g/mol. The lowest BCUT2D eigenvalue weighted by atomic mass is 10.1. The molecule has 0 bridgehead atoms. The first kappa shape index (κ1) is 53.5. The highest BCUT2D eigenvalue weighted by Gasteiger charge is 2.25. The average molecular weight is 802 g/mol. The summed E-state index contributed by atoms with van der Waals surface area (Å²) in [5.41, 5.74) is 0. The third-order valence-corrected chi connectivity index (χ3v) is 8.57. The van der Waals surface area contributed by atoms with E-state index < -0.39 is 18.1 Å². The van der Waals surface area contributed by atoms with Crippen LogP contribution in [0.25, 0.3) is 0 Å². The highest BCUT2D eigenvalue weighted by Crippen LogP contribution is 2.12. The Hall–Kier alpha value is -4.53. The third kappa shape index (κ3) is 37.1. The molecule has 2 atom stereocenters. The van der Waals surface area contributed by atoms with Crippen molar-refractivity contribution in [2.24, 2.45) is 0 Å². The molecule has 0 rings (SSSR count). The summed E-state index contributed by atoms with van der Waals surface area (Å²) in [7, 11) is 5.36. The molecule has 0 heterocycles. The smallest absolute Gasteiger partial charge is 0.306 e. The van der Waals surface area contributed by atoms with Crippen LogP contribution in [0.2, 0.25) is 0 Å². The first-order valence-corrected chi connectivity index (χ1v) is 21.4. The van der Waals surface area contributed by atoms with Gasteiger partial charge in [-0.3, -0.25) is 9.59 Å². The molecule has 0 aliphatic carbocycles. The average Bonchev–Trinajstić information content (AvgIpc) is 3.18. The van der Waals surface area contributed by atoms with Crippen LogP contribution < -0.4 is 5.11 Å². The van der Waals surface area contributed by atoms with E-state index in [0.717, 1.165) is 70.6 Å². The van der Waals surface area contributed by atoms with E-state index in [-0.39, 0.29) is 55.5 Å². The fourth-order valence-electron chi connectivity index (χ4n) is 5.30. The van der Waals surface area contributed by atoms with Gasteiger partial charge in [0, 0.05) is 19.3 Å². The minimum Gasteiger partial charge on any atom is -0.544 e. The number of aliphatic carboxylic acids is 1. The lowest BCUT2D eigenvalue weighted by molar-refractivity contribution is -0.889. The van der Waals surface area contributed by atoms with Gasteiger partial charge >= 0.3 is 11.9 Å². The first-order valence-electron chi connectivity index (χ1n) is 21.4. The molecule has 0 spiro atoms. The number of carbonyl (C=O) groups excluding carboxylic acids is 3. The molecule has 0 aromatic rings. The molecular formula is C50H75NO7. The van der Waals surface area contributed by atoms with Crippen LogP contribution in [0.1, 0.15) is 110 Å². The van der Waals surface area contributed by atoms with Crippen LogP contribution in [0.5, 0.6) is 0 Å². The number of ether oxygens (including phenoxy) is 3. The largest absolute Gasteiger partial charge is 0.544 e. The Morgan fingerprint density at radius 2 is 0.914 bits per heavy atom. The van der Waals surface area contributed by atoms with Gasteiger partial charge < -0.3 is 28.6 Å². The number of carbonyl (C=O) groups is 3. The normalized spacial score (nSPS) is 14.3. The minimum absolute atomic E-state index is 0.00465. The second-order valence-electron chi connectivity index (χ2n) is 14.7. The predicted octanol–water partition coefficient (Wildman–Crippen LogP) is 10.3. The van der Waals surface area contributed by atoms with Crippen LogP contribution in [0.4, 0.5) is 0 Å². The molecule has 0 amide bonds. The monoisotopic (exact) mass is 802 g/mol. The summed E-state index contributed by atoms with van der Waals surface area (Å²) in [4.78, 5) is 36.8. The molecule has 0 aliphatic rings. The maximum Gasteiger partial charge on any atom is 0.306 e. The Morgan fingerprint density at radius 1 is 0.517 bits per heavy atom. The van der Waals surface area contributed by atoms with Gasteiger partial charge in [0.05, 0.1) is 40.3 Å². The Kier molecular flexibility index (Phi) is 36.2. The molecule has 322 valence electrons. The van der Waals surface area contributed by atoms with Crippen LogP contribution in [0.15, 0.2) is 134 Å². The maximum absolute atomic E-state index is 12.7. The van der Waals surface area contributed by atoms with Crippen molar-refractivity contribution in [1.29, 1.82) is 0 Å². The van der Waals surface area contributed by atoms with E-state index in [1.807, 2.05) is 103 Å². The number of hydrogen-bond acceptors (Lipinski definition) is 7. The molecule has 0 radical (unpaired) electrons. The quantitative estimate of drug-likeness (QED) is 0.0272. The summed E-state index contributed by atoms with van der Waals surface area (Å²) in [5, 5.41) is 11.6. The Labute approximate surface area is 352 Å². The molecule has 0 N–H and O–H groups in total. The Bertz CT molecular complexity index is 1400. The van der Waals surface area contributed by atoms with Gasteiger partial charge in [-0.05, 0) is 51.4 Å². The molecule has 0 fully saturated rings. The van der Waals surface area contributed by atoms with Crippen molar-refractivity contribution in [1.82, 2.24) is 0 Å². The third-order valence-electron chi connectivity index (χ3n) is 8.57. The van der Waals surface area contributed by atoms with Gasteiger partial charge in [0.1, 0.15) is 12.6 Å². The van der Waals surface area contributed by atoms with Crippen molar-refractivity contribution in [3.05, 3.63) is 134 Å². The summed E-state index contributed by atoms with van der Waals surface area (Å²) < 4.78 is 17.1.